The molecule has 43 heavy (non-hydrogen) atoms. The van der Waals surface area contributed by atoms with E-state index >= 15 is 0 Å². The summed E-state index contributed by atoms with van der Waals surface area (Å²) in [5.74, 6) is 2.04. The fourth-order valence-corrected chi connectivity index (χ4v) is 8.31. The van der Waals surface area contributed by atoms with Gasteiger partial charge in [0.15, 0.2) is 17.2 Å². The van der Waals surface area contributed by atoms with Crippen LogP contribution in [0, 0.1) is 20.8 Å². The molecule has 3 aromatic carbocycles. The summed E-state index contributed by atoms with van der Waals surface area (Å²) in [6.45, 7) is 15.2. The molecule has 0 aromatic heterocycles. The van der Waals surface area contributed by atoms with Gasteiger partial charge in [0.2, 0.25) is 0 Å². The third kappa shape index (κ3) is 10.1. The summed E-state index contributed by atoms with van der Waals surface area (Å²) in [5, 5.41) is 15.0. The Labute approximate surface area is 274 Å². The molecule has 0 amide bonds. The SMILES string of the molecule is C1=C\CCC[CH-]CC/1.COc1ccccc1[PH+](c1cc(C(C)(C)C)cc(C(C)(C)C)c1O)c1c(C)cccc1OC.[CH3+].[Ni]. The number of aryl methyl sites for hydroxylation is 1. The molecule has 1 aliphatic rings. The second-order valence-corrected chi connectivity index (χ2v) is 15.2. The van der Waals surface area contributed by atoms with Gasteiger partial charge in [0.1, 0.15) is 23.8 Å². The zero-order chi connectivity index (χ0) is 30.2. The first-order valence-electron chi connectivity index (χ1n) is 14.9. The van der Waals surface area contributed by atoms with E-state index in [1.807, 2.05) is 30.3 Å². The first kappa shape index (κ1) is 38.6. The van der Waals surface area contributed by atoms with Crippen molar-refractivity contribution in [1.29, 1.82) is 0 Å². The third-order valence-electron chi connectivity index (χ3n) is 7.62. The van der Waals surface area contributed by atoms with Crippen molar-refractivity contribution in [2.75, 3.05) is 14.2 Å². The molecule has 1 aliphatic carbocycles. The van der Waals surface area contributed by atoms with E-state index in [0.29, 0.717) is 5.75 Å². The molecule has 3 aromatic rings. The summed E-state index contributed by atoms with van der Waals surface area (Å²) in [5.41, 5.74) is 3.06. The summed E-state index contributed by atoms with van der Waals surface area (Å²) >= 11 is 0. The van der Waals surface area contributed by atoms with Gasteiger partial charge in [0.05, 0.1) is 14.2 Å². The van der Waals surface area contributed by atoms with Gasteiger partial charge in [-0.2, -0.15) is 12.8 Å². The standard InChI is InChI=1S/C29H37O3P.C8H13.CH3.Ni/c1-19-13-12-15-23(32-9)27(19)33(24-16-11-10-14-22(24)31-8)25-18-20(28(2,3)4)17-21(26(25)30)29(5,6)7;1-2-4-6-8-7-5-3-1;;/h10-18,30H,1-9H3;1-2,7H,3-6,8H2;1H3;/q;-1;+1;/p+1/b;2-1-;;. The van der Waals surface area contributed by atoms with E-state index in [2.05, 4.69) is 91.3 Å². The van der Waals surface area contributed by atoms with Crippen molar-refractivity contribution < 1.29 is 31.1 Å². The maximum Gasteiger partial charge on any atom is 0.162 e. The van der Waals surface area contributed by atoms with Crippen molar-refractivity contribution in [1.82, 2.24) is 0 Å². The van der Waals surface area contributed by atoms with Crippen LogP contribution >= 0.6 is 7.92 Å². The Bertz CT molecular complexity index is 1310. The topological polar surface area (TPSA) is 38.7 Å². The number of aromatic hydroxyl groups is 1. The van der Waals surface area contributed by atoms with Gasteiger partial charge in [-0.25, -0.2) is 0 Å². The molecular formula is C38H54NiO3P+. The Kier molecular flexibility index (Phi) is 15.4. The van der Waals surface area contributed by atoms with Crippen molar-refractivity contribution in [2.24, 2.45) is 0 Å². The Balaban J connectivity index is 0.000000802. The van der Waals surface area contributed by atoms with Crippen LogP contribution in [0.3, 0.4) is 0 Å². The second kappa shape index (κ2) is 17.2. The second-order valence-electron chi connectivity index (χ2n) is 12.9. The summed E-state index contributed by atoms with van der Waals surface area (Å²) in [7, 11) is 1.74. The van der Waals surface area contributed by atoms with E-state index in [0.717, 1.165) is 38.5 Å². The van der Waals surface area contributed by atoms with Crippen LogP contribution in [0.4, 0.5) is 0 Å². The van der Waals surface area contributed by atoms with Crippen LogP contribution in [-0.4, -0.2) is 19.3 Å². The molecular weight excluding hydrogens is 594 g/mol. The van der Waals surface area contributed by atoms with Crippen LogP contribution in [0.15, 0.2) is 66.7 Å². The molecule has 0 bridgehead atoms. The smallest absolute Gasteiger partial charge is 0.162 e. The number of phenols is 1. The molecule has 3 nitrogen and oxygen atoms in total. The number of hydrogen-bond donors (Lipinski definition) is 1. The van der Waals surface area contributed by atoms with Gasteiger partial charge in [0, 0.05) is 29.5 Å². The zero-order valence-electron chi connectivity index (χ0n) is 28.0. The fraction of sp³-hybridized carbons (Fsp3) is 0.421. The van der Waals surface area contributed by atoms with Crippen LogP contribution in [0.2, 0.25) is 0 Å². The molecule has 5 heteroatoms. The molecule has 0 heterocycles. The van der Waals surface area contributed by atoms with Crippen LogP contribution in [-0.2, 0) is 27.3 Å². The maximum absolute atomic E-state index is 11.8. The van der Waals surface area contributed by atoms with Crippen LogP contribution in [0.5, 0.6) is 17.2 Å². The largest absolute Gasteiger partial charge is 0.504 e. The minimum atomic E-state index is -1.68. The number of ether oxygens (including phenoxy) is 2. The number of benzene rings is 3. The number of allylic oxidation sites excluding steroid dienone is 2. The Hall–Kier alpha value is -2.41. The predicted octanol–water partition coefficient (Wildman–Crippen LogP) is 8.96. The Morgan fingerprint density at radius 2 is 1.40 bits per heavy atom. The molecule has 0 saturated carbocycles. The minimum Gasteiger partial charge on any atom is -0.504 e. The average Bonchev–Trinajstić information content (AvgIpc) is 2.89. The van der Waals surface area contributed by atoms with E-state index in [9.17, 15) is 5.11 Å². The van der Waals surface area contributed by atoms with Gasteiger partial charge in [-0.3, -0.25) is 0 Å². The van der Waals surface area contributed by atoms with Crippen molar-refractivity contribution in [3.05, 3.63) is 97.3 Å². The first-order valence-corrected chi connectivity index (χ1v) is 16.4. The molecule has 1 N–H and O–H groups in total. The number of para-hydroxylation sites is 1. The summed E-state index contributed by atoms with van der Waals surface area (Å²) in [4.78, 5) is 0. The summed E-state index contributed by atoms with van der Waals surface area (Å²) in [6, 6.07) is 18.7. The predicted molar refractivity (Wildman–Crippen MR) is 186 cm³/mol. The van der Waals surface area contributed by atoms with Gasteiger partial charge >= 0.3 is 0 Å². The number of phenolic OH excluding ortho intramolecular Hbond substituents is 1. The normalized spacial score (nSPS) is 14.8. The number of hydrogen-bond acceptors (Lipinski definition) is 3. The van der Waals surface area contributed by atoms with E-state index in [1.165, 1.54) is 37.7 Å². The molecule has 0 aliphatic heterocycles. The quantitative estimate of drug-likeness (QED) is 0.130. The van der Waals surface area contributed by atoms with Crippen molar-refractivity contribution in [3.8, 4) is 17.2 Å². The fourth-order valence-electron chi connectivity index (χ4n) is 5.20. The minimum absolute atomic E-state index is 0. The van der Waals surface area contributed by atoms with Crippen LogP contribution in [0.1, 0.15) is 90.3 Å². The summed E-state index contributed by atoms with van der Waals surface area (Å²) < 4.78 is 11.7. The summed E-state index contributed by atoms with van der Waals surface area (Å²) in [6.07, 6.45) is 13.5. The van der Waals surface area contributed by atoms with Crippen LogP contribution < -0.4 is 25.4 Å². The van der Waals surface area contributed by atoms with Gasteiger partial charge in [-0.05, 0) is 59.6 Å². The van der Waals surface area contributed by atoms with Crippen molar-refractivity contribution in [2.45, 2.75) is 91.4 Å². The average molecular weight is 649 g/mol. The van der Waals surface area contributed by atoms with E-state index < -0.39 is 7.92 Å². The first-order chi connectivity index (χ1) is 19.4. The van der Waals surface area contributed by atoms with Crippen LogP contribution in [0.25, 0.3) is 0 Å². The van der Waals surface area contributed by atoms with E-state index in [-0.39, 0.29) is 34.7 Å². The van der Waals surface area contributed by atoms with Gasteiger partial charge in [0.25, 0.3) is 0 Å². The molecule has 1 atom stereocenters. The molecule has 0 saturated heterocycles. The third-order valence-corrected chi connectivity index (χ3v) is 10.6. The molecule has 0 spiro atoms. The van der Waals surface area contributed by atoms with E-state index in [4.69, 9.17) is 9.47 Å². The number of methoxy groups -OCH3 is 2. The molecule has 1 unspecified atom stereocenters. The molecule has 0 fully saturated rings. The monoisotopic (exact) mass is 647 g/mol. The van der Waals surface area contributed by atoms with Gasteiger partial charge in [-0.1, -0.05) is 96.9 Å². The van der Waals surface area contributed by atoms with Gasteiger partial charge < -0.3 is 21.0 Å². The molecule has 4 rings (SSSR count). The van der Waals surface area contributed by atoms with Crippen molar-refractivity contribution >= 4 is 23.8 Å². The Morgan fingerprint density at radius 3 is 2.02 bits per heavy atom. The van der Waals surface area contributed by atoms with Gasteiger partial charge in [-0.15, -0.1) is 0 Å². The molecule has 238 valence electrons. The number of rotatable bonds is 5. The maximum atomic E-state index is 11.8. The molecule has 0 radical (unpaired) electrons. The zero-order valence-corrected chi connectivity index (χ0v) is 30.0. The Morgan fingerprint density at radius 1 is 0.767 bits per heavy atom. The van der Waals surface area contributed by atoms with E-state index in [1.54, 1.807) is 14.2 Å². The van der Waals surface area contributed by atoms with Crippen molar-refractivity contribution in [3.63, 3.8) is 0 Å².